The van der Waals surface area contributed by atoms with Crippen LogP contribution >= 0.6 is 15.9 Å². The molecule has 2 N–H and O–H groups in total. The van der Waals surface area contributed by atoms with Crippen LogP contribution in [-0.4, -0.2) is 37.1 Å². The van der Waals surface area contributed by atoms with E-state index in [1.807, 2.05) is 24.3 Å². The summed E-state index contributed by atoms with van der Waals surface area (Å²) in [5.74, 6) is 0.805. The maximum absolute atomic E-state index is 11.7. The molecule has 0 aliphatic rings. The Bertz CT molecular complexity index is 841. The summed E-state index contributed by atoms with van der Waals surface area (Å²) in [6.45, 7) is 6.40. The lowest BCUT2D eigenvalue weighted by molar-refractivity contribution is -0.385. The minimum absolute atomic E-state index is 0.00834. The summed E-state index contributed by atoms with van der Waals surface area (Å²) in [5.41, 5.74) is 7.50. The molecule has 0 aromatic heterocycles. The number of nitrogens with two attached hydrogens (primary N) is 1. The lowest BCUT2D eigenvalue weighted by Crippen LogP contribution is -2.38. The van der Waals surface area contributed by atoms with Crippen molar-refractivity contribution in [2.75, 3.05) is 27.3 Å². The van der Waals surface area contributed by atoms with Gasteiger partial charge in [0.1, 0.15) is 0 Å². The summed E-state index contributed by atoms with van der Waals surface area (Å²) in [7, 11) is 2.98. The van der Waals surface area contributed by atoms with Crippen LogP contribution in [0.4, 0.5) is 5.69 Å². The summed E-state index contributed by atoms with van der Waals surface area (Å²) < 4.78 is 11.6. The SMILES string of the molecule is COc1cc(CN(Cc2ccc(Br)cc2)CC(C)(C)CN)c([N+](=O)[O-])cc1OC. The second-order valence-electron chi connectivity index (χ2n) is 7.73. The van der Waals surface area contributed by atoms with Gasteiger partial charge in [0.05, 0.1) is 25.2 Å². The van der Waals surface area contributed by atoms with Crippen LogP contribution in [0.1, 0.15) is 25.0 Å². The van der Waals surface area contributed by atoms with Crippen molar-refractivity contribution in [3.8, 4) is 11.5 Å². The molecular weight excluding hydrogens is 438 g/mol. The summed E-state index contributed by atoms with van der Waals surface area (Å²) in [5, 5.41) is 11.7. The first-order valence-electron chi connectivity index (χ1n) is 9.25. The Morgan fingerprint density at radius 2 is 1.69 bits per heavy atom. The van der Waals surface area contributed by atoms with Crippen LogP contribution in [0.25, 0.3) is 0 Å². The number of methoxy groups -OCH3 is 2. The summed E-state index contributed by atoms with van der Waals surface area (Å²) in [6.07, 6.45) is 0. The first-order chi connectivity index (χ1) is 13.7. The van der Waals surface area contributed by atoms with Crippen molar-refractivity contribution in [2.45, 2.75) is 26.9 Å². The zero-order valence-electron chi connectivity index (χ0n) is 17.3. The summed E-state index contributed by atoms with van der Waals surface area (Å²) >= 11 is 3.45. The lowest BCUT2D eigenvalue weighted by atomic mass is 9.92. The van der Waals surface area contributed by atoms with Gasteiger partial charge in [-0.1, -0.05) is 41.9 Å². The second-order valence-corrected chi connectivity index (χ2v) is 8.65. The van der Waals surface area contributed by atoms with Gasteiger partial charge in [0.15, 0.2) is 11.5 Å². The molecule has 2 aromatic rings. The fourth-order valence-electron chi connectivity index (χ4n) is 3.13. The molecule has 0 bridgehead atoms. The molecule has 158 valence electrons. The highest BCUT2D eigenvalue weighted by molar-refractivity contribution is 9.10. The van der Waals surface area contributed by atoms with E-state index < -0.39 is 0 Å². The average molecular weight is 466 g/mol. The van der Waals surface area contributed by atoms with Crippen LogP contribution in [0.15, 0.2) is 40.9 Å². The molecule has 0 saturated heterocycles. The zero-order valence-corrected chi connectivity index (χ0v) is 18.9. The van der Waals surface area contributed by atoms with Gasteiger partial charge in [-0.15, -0.1) is 0 Å². The van der Waals surface area contributed by atoms with E-state index in [1.165, 1.54) is 20.3 Å². The van der Waals surface area contributed by atoms with Gasteiger partial charge in [-0.3, -0.25) is 15.0 Å². The first kappa shape index (κ1) is 23.1. The normalized spacial score (nSPS) is 11.6. The van der Waals surface area contributed by atoms with Crippen molar-refractivity contribution in [2.24, 2.45) is 11.1 Å². The van der Waals surface area contributed by atoms with Crippen molar-refractivity contribution in [3.63, 3.8) is 0 Å². The van der Waals surface area contributed by atoms with Gasteiger partial charge in [0.25, 0.3) is 5.69 Å². The number of halogens is 1. The number of hydrogen-bond donors (Lipinski definition) is 1. The molecule has 0 unspecified atom stereocenters. The smallest absolute Gasteiger partial charge is 0.277 e. The monoisotopic (exact) mass is 465 g/mol. The van der Waals surface area contributed by atoms with E-state index in [0.29, 0.717) is 43.2 Å². The number of nitro groups is 1. The van der Waals surface area contributed by atoms with Gasteiger partial charge in [-0.05, 0) is 35.7 Å². The van der Waals surface area contributed by atoms with E-state index in [2.05, 4.69) is 34.7 Å². The summed E-state index contributed by atoms with van der Waals surface area (Å²) in [4.78, 5) is 13.5. The van der Waals surface area contributed by atoms with E-state index in [4.69, 9.17) is 15.2 Å². The molecule has 0 spiro atoms. The zero-order chi connectivity index (χ0) is 21.6. The Balaban J connectivity index is 2.40. The molecule has 0 aliphatic carbocycles. The average Bonchev–Trinajstić information content (AvgIpc) is 2.68. The molecule has 0 amide bonds. The van der Waals surface area contributed by atoms with Crippen LogP contribution in [0.5, 0.6) is 11.5 Å². The van der Waals surface area contributed by atoms with Crippen LogP contribution < -0.4 is 15.2 Å². The van der Waals surface area contributed by atoms with E-state index in [0.717, 1.165) is 10.0 Å². The summed E-state index contributed by atoms with van der Waals surface area (Å²) in [6, 6.07) is 11.1. The molecule has 0 atom stereocenters. The third-order valence-electron chi connectivity index (χ3n) is 4.70. The fraction of sp³-hybridized carbons (Fsp3) is 0.429. The standard InChI is InChI=1S/C21H28BrN3O4/c1-21(2,13-23)14-24(11-15-5-7-17(22)8-6-15)12-16-9-19(28-3)20(29-4)10-18(16)25(26)27/h5-10H,11-14,23H2,1-4H3. The second kappa shape index (κ2) is 10.0. The van der Waals surface area contributed by atoms with E-state index in [9.17, 15) is 10.1 Å². The largest absolute Gasteiger partial charge is 0.493 e. The number of ether oxygens (including phenoxy) is 2. The van der Waals surface area contributed by atoms with Crippen LogP contribution in [0.3, 0.4) is 0 Å². The van der Waals surface area contributed by atoms with E-state index in [1.54, 1.807) is 6.07 Å². The van der Waals surface area contributed by atoms with Gasteiger partial charge in [0.2, 0.25) is 0 Å². The van der Waals surface area contributed by atoms with Crippen LogP contribution in [-0.2, 0) is 13.1 Å². The first-order valence-corrected chi connectivity index (χ1v) is 10.0. The van der Waals surface area contributed by atoms with Crippen molar-refractivity contribution in [3.05, 3.63) is 62.1 Å². The van der Waals surface area contributed by atoms with Gasteiger partial charge < -0.3 is 15.2 Å². The minimum atomic E-state index is -0.386. The van der Waals surface area contributed by atoms with Crippen LogP contribution in [0.2, 0.25) is 0 Å². The molecule has 0 radical (unpaired) electrons. The third kappa shape index (κ3) is 6.42. The molecule has 29 heavy (non-hydrogen) atoms. The Morgan fingerprint density at radius 1 is 1.10 bits per heavy atom. The molecule has 7 nitrogen and oxygen atoms in total. The number of rotatable bonds is 10. The van der Waals surface area contributed by atoms with Crippen molar-refractivity contribution in [1.82, 2.24) is 4.90 Å². The predicted octanol–water partition coefficient (Wildman–Crippen LogP) is 4.36. The van der Waals surface area contributed by atoms with Crippen LogP contribution in [0, 0.1) is 15.5 Å². The molecular formula is C21H28BrN3O4. The molecule has 0 heterocycles. The van der Waals surface area contributed by atoms with Crippen molar-refractivity contribution >= 4 is 21.6 Å². The highest BCUT2D eigenvalue weighted by Gasteiger charge is 2.25. The van der Waals surface area contributed by atoms with E-state index in [-0.39, 0.29) is 16.0 Å². The molecule has 0 fully saturated rings. The third-order valence-corrected chi connectivity index (χ3v) is 5.23. The molecule has 8 heteroatoms. The van der Waals surface area contributed by atoms with Gasteiger partial charge in [-0.2, -0.15) is 0 Å². The quantitative estimate of drug-likeness (QED) is 0.413. The number of nitro benzene ring substituents is 1. The Kier molecular flexibility index (Phi) is 8.01. The van der Waals surface area contributed by atoms with Gasteiger partial charge in [-0.25, -0.2) is 0 Å². The van der Waals surface area contributed by atoms with Gasteiger partial charge >= 0.3 is 0 Å². The highest BCUT2D eigenvalue weighted by atomic mass is 79.9. The molecule has 2 rings (SSSR count). The minimum Gasteiger partial charge on any atom is -0.493 e. The van der Waals surface area contributed by atoms with Gasteiger partial charge in [0, 0.05) is 29.7 Å². The Labute approximate surface area is 180 Å². The molecule has 0 saturated carbocycles. The molecule has 2 aromatic carbocycles. The number of hydrogen-bond acceptors (Lipinski definition) is 6. The topological polar surface area (TPSA) is 90.9 Å². The number of benzene rings is 2. The van der Waals surface area contributed by atoms with Crippen molar-refractivity contribution < 1.29 is 14.4 Å². The predicted molar refractivity (Wildman–Crippen MR) is 117 cm³/mol. The van der Waals surface area contributed by atoms with Crippen molar-refractivity contribution in [1.29, 1.82) is 0 Å². The Hall–Kier alpha value is -2.16. The number of nitrogens with zero attached hydrogens (tertiary/aromatic N) is 2. The maximum Gasteiger partial charge on any atom is 0.277 e. The fourth-order valence-corrected chi connectivity index (χ4v) is 3.40. The molecule has 0 aliphatic heterocycles. The maximum atomic E-state index is 11.7. The Morgan fingerprint density at radius 3 is 2.21 bits per heavy atom. The van der Waals surface area contributed by atoms with E-state index >= 15 is 0 Å². The highest BCUT2D eigenvalue weighted by Crippen LogP contribution is 2.35. The lowest BCUT2D eigenvalue weighted by Gasteiger charge is -2.32.